The molecular formula is C23H34N6. The third kappa shape index (κ3) is 4.04. The minimum atomic E-state index is 0.322. The summed E-state index contributed by atoms with van der Waals surface area (Å²) in [7, 11) is 0. The SMILES string of the molecule is CCn1cc(CN2CCCCC2c2nc(C)c3c(n2)N(CC2CC2)CCC3)cn1. The predicted molar refractivity (Wildman–Crippen MR) is 115 cm³/mol. The quantitative estimate of drug-likeness (QED) is 0.744. The number of aryl methyl sites for hydroxylation is 2. The van der Waals surface area contributed by atoms with Gasteiger partial charge in [-0.3, -0.25) is 9.58 Å². The number of hydrogen-bond acceptors (Lipinski definition) is 5. The van der Waals surface area contributed by atoms with Gasteiger partial charge in [-0.2, -0.15) is 5.10 Å². The number of anilines is 1. The summed E-state index contributed by atoms with van der Waals surface area (Å²) in [5, 5.41) is 4.47. The lowest BCUT2D eigenvalue weighted by molar-refractivity contribution is 0.133. The Morgan fingerprint density at radius 3 is 2.76 bits per heavy atom. The molecule has 3 aliphatic rings. The monoisotopic (exact) mass is 394 g/mol. The molecule has 0 bridgehead atoms. The number of aromatic nitrogens is 4. The second kappa shape index (κ2) is 8.05. The highest BCUT2D eigenvalue weighted by molar-refractivity contribution is 5.51. The fraction of sp³-hybridized carbons (Fsp3) is 0.696. The van der Waals surface area contributed by atoms with Crippen molar-refractivity contribution in [2.24, 2.45) is 5.92 Å². The van der Waals surface area contributed by atoms with Crippen molar-refractivity contribution in [3.8, 4) is 0 Å². The molecule has 1 saturated heterocycles. The van der Waals surface area contributed by atoms with Gasteiger partial charge in [-0.25, -0.2) is 9.97 Å². The molecule has 156 valence electrons. The van der Waals surface area contributed by atoms with Gasteiger partial charge in [-0.15, -0.1) is 0 Å². The number of nitrogens with zero attached hydrogens (tertiary/aromatic N) is 6. The number of likely N-dealkylation sites (tertiary alicyclic amines) is 1. The van der Waals surface area contributed by atoms with Crippen LogP contribution in [0.25, 0.3) is 0 Å². The maximum absolute atomic E-state index is 5.23. The smallest absolute Gasteiger partial charge is 0.148 e. The minimum Gasteiger partial charge on any atom is -0.356 e. The van der Waals surface area contributed by atoms with E-state index in [0.717, 1.165) is 50.8 Å². The molecule has 2 fully saturated rings. The second-order valence-corrected chi connectivity index (χ2v) is 9.15. The summed E-state index contributed by atoms with van der Waals surface area (Å²) in [6.45, 7) is 9.66. The Balaban J connectivity index is 1.42. The Labute approximate surface area is 174 Å². The number of rotatable bonds is 6. The highest BCUT2D eigenvalue weighted by Crippen LogP contribution is 2.37. The minimum absolute atomic E-state index is 0.322. The van der Waals surface area contributed by atoms with Crippen molar-refractivity contribution in [1.82, 2.24) is 24.6 Å². The first kappa shape index (κ1) is 19.0. The van der Waals surface area contributed by atoms with Crippen LogP contribution in [0.15, 0.2) is 12.4 Å². The molecule has 1 atom stereocenters. The van der Waals surface area contributed by atoms with Gasteiger partial charge in [-0.05, 0) is 64.8 Å². The van der Waals surface area contributed by atoms with Gasteiger partial charge in [0.1, 0.15) is 11.6 Å². The standard InChI is InChI=1S/C23H34N6/c1-3-29-16-19(13-24-29)15-27-11-5-4-8-21(27)22-25-17(2)20-7-6-12-28(23(20)26-22)14-18-9-10-18/h13,16,18,21H,3-12,14-15H2,1-2H3. The Bertz CT molecular complexity index is 855. The van der Waals surface area contributed by atoms with Gasteiger partial charge in [0.25, 0.3) is 0 Å². The molecule has 0 aromatic carbocycles. The van der Waals surface area contributed by atoms with Crippen molar-refractivity contribution in [2.75, 3.05) is 24.5 Å². The van der Waals surface area contributed by atoms with Gasteiger partial charge >= 0.3 is 0 Å². The van der Waals surface area contributed by atoms with E-state index in [4.69, 9.17) is 9.97 Å². The molecule has 2 aliphatic heterocycles. The van der Waals surface area contributed by atoms with Gasteiger partial charge in [0.2, 0.25) is 0 Å². The van der Waals surface area contributed by atoms with Crippen LogP contribution in [-0.4, -0.2) is 44.3 Å². The van der Waals surface area contributed by atoms with Crippen LogP contribution in [0.1, 0.15) is 74.1 Å². The van der Waals surface area contributed by atoms with Crippen molar-refractivity contribution in [3.05, 3.63) is 35.0 Å². The van der Waals surface area contributed by atoms with Gasteiger partial charge in [-0.1, -0.05) is 6.42 Å². The molecule has 0 amide bonds. The predicted octanol–water partition coefficient (Wildman–Crippen LogP) is 3.89. The molecule has 4 heterocycles. The molecule has 29 heavy (non-hydrogen) atoms. The number of piperidine rings is 1. The van der Waals surface area contributed by atoms with E-state index in [1.54, 1.807) is 0 Å². The van der Waals surface area contributed by atoms with Gasteiger partial charge < -0.3 is 4.90 Å². The molecule has 6 nitrogen and oxygen atoms in total. The molecule has 0 N–H and O–H groups in total. The molecule has 0 radical (unpaired) electrons. The molecular weight excluding hydrogens is 360 g/mol. The van der Waals surface area contributed by atoms with E-state index in [9.17, 15) is 0 Å². The lowest BCUT2D eigenvalue weighted by atomic mass is 9.99. The Hall–Kier alpha value is -1.95. The first-order valence-electron chi connectivity index (χ1n) is 11.6. The van der Waals surface area contributed by atoms with E-state index in [1.165, 1.54) is 61.3 Å². The molecule has 1 unspecified atom stereocenters. The van der Waals surface area contributed by atoms with Crippen LogP contribution in [0.3, 0.4) is 0 Å². The first-order valence-corrected chi connectivity index (χ1v) is 11.6. The maximum Gasteiger partial charge on any atom is 0.148 e. The normalized spacial score (nSPS) is 22.7. The van der Waals surface area contributed by atoms with E-state index in [-0.39, 0.29) is 0 Å². The fourth-order valence-electron chi connectivity index (χ4n) is 5.02. The van der Waals surface area contributed by atoms with E-state index in [1.807, 2.05) is 10.9 Å². The largest absolute Gasteiger partial charge is 0.356 e. The first-order chi connectivity index (χ1) is 14.2. The van der Waals surface area contributed by atoms with Crippen LogP contribution in [0.4, 0.5) is 5.82 Å². The number of fused-ring (bicyclic) bond motifs is 1. The average molecular weight is 395 g/mol. The lowest BCUT2D eigenvalue weighted by Gasteiger charge is -2.36. The number of hydrogen-bond donors (Lipinski definition) is 0. The highest BCUT2D eigenvalue weighted by Gasteiger charge is 2.32. The Kier molecular flexibility index (Phi) is 5.29. The zero-order chi connectivity index (χ0) is 19.8. The average Bonchev–Trinajstić information content (AvgIpc) is 3.44. The van der Waals surface area contributed by atoms with Crippen molar-refractivity contribution in [1.29, 1.82) is 0 Å². The molecule has 0 spiro atoms. The zero-order valence-corrected chi connectivity index (χ0v) is 18.0. The van der Waals surface area contributed by atoms with E-state index < -0.39 is 0 Å². The molecule has 2 aromatic heterocycles. The van der Waals surface area contributed by atoms with Gasteiger partial charge in [0.15, 0.2) is 0 Å². The fourth-order valence-corrected chi connectivity index (χ4v) is 5.02. The Morgan fingerprint density at radius 1 is 1.07 bits per heavy atom. The van der Waals surface area contributed by atoms with Crippen LogP contribution in [0, 0.1) is 12.8 Å². The summed E-state index contributed by atoms with van der Waals surface area (Å²) < 4.78 is 2.02. The van der Waals surface area contributed by atoms with Crippen molar-refractivity contribution < 1.29 is 0 Å². The van der Waals surface area contributed by atoms with E-state index in [0.29, 0.717) is 6.04 Å². The topological polar surface area (TPSA) is 50.1 Å². The van der Waals surface area contributed by atoms with Gasteiger partial charge in [0.05, 0.1) is 12.2 Å². The lowest BCUT2D eigenvalue weighted by Crippen LogP contribution is -2.36. The van der Waals surface area contributed by atoms with Crippen molar-refractivity contribution in [2.45, 2.75) is 77.9 Å². The molecule has 1 saturated carbocycles. The highest BCUT2D eigenvalue weighted by atomic mass is 15.3. The maximum atomic E-state index is 5.23. The molecule has 1 aliphatic carbocycles. The third-order valence-electron chi connectivity index (χ3n) is 6.85. The third-order valence-corrected chi connectivity index (χ3v) is 6.85. The summed E-state index contributed by atoms with van der Waals surface area (Å²) in [6.07, 6.45) is 13.0. The van der Waals surface area contributed by atoms with Crippen LogP contribution in [0.2, 0.25) is 0 Å². The molecule has 6 heteroatoms. The summed E-state index contributed by atoms with van der Waals surface area (Å²) >= 11 is 0. The summed E-state index contributed by atoms with van der Waals surface area (Å²) in [4.78, 5) is 15.4. The van der Waals surface area contributed by atoms with Crippen LogP contribution < -0.4 is 4.90 Å². The second-order valence-electron chi connectivity index (χ2n) is 9.15. The van der Waals surface area contributed by atoms with Crippen LogP contribution in [-0.2, 0) is 19.5 Å². The van der Waals surface area contributed by atoms with E-state index >= 15 is 0 Å². The van der Waals surface area contributed by atoms with Crippen LogP contribution in [0.5, 0.6) is 0 Å². The Morgan fingerprint density at radius 2 is 1.97 bits per heavy atom. The van der Waals surface area contributed by atoms with Crippen LogP contribution >= 0.6 is 0 Å². The molecule has 2 aromatic rings. The van der Waals surface area contributed by atoms with Crippen molar-refractivity contribution in [3.63, 3.8) is 0 Å². The zero-order valence-electron chi connectivity index (χ0n) is 18.0. The summed E-state index contributed by atoms with van der Waals surface area (Å²) in [6, 6.07) is 0.322. The van der Waals surface area contributed by atoms with E-state index in [2.05, 4.69) is 34.9 Å². The van der Waals surface area contributed by atoms with Gasteiger partial charge in [0, 0.05) is 49.2 Å². The summed E-state index contributed by atoms with van der Waals surface area (Å²) in [5.74, 6) is 3.18. The van der Waals surface area contributed by atoms with Crippen molar-refractivity contribution >= 4 is 5.82 Å². The summed E-state index contributed by atoms with van der Waals surface area (Å²) in [5.41, 5.74) is 3.89. The molecule has 5 rings (SSSR count).